The van der Waals surface area contributed by atoms with Crippen molar-refractivity contribution in [3.63, 3.8) is 0 Å². The van der Waals surface area contributed by atoms with Crippen LogP contribution in [0, 0.1) is 5.82 Å². The number of hydrogen-bond donors (Lipinski definition) is 1. The summed E-state index contributed by atoms with van der Waals surface area (Å²) in [5, 5.41) is 4.14. The first kappa shape index (κ1) is 11.9. The number of amides is 1. The van der Waals surface area contributed by atoms with Gasteiger partial charge >= 0.3 is 0 Å². The summed E-state index contributed by atoms with van der Waals surface area (Å²) >= 11 is 0. The van der Waals surface area contributed by atoms with Crippen LogP contribution in [0.2, 0.25) is 0 Å². The van der Waals surface area contributed by atoms with Crippen molar-refractivity contribution in [1.29, 1.82) is 0 Å². The maximum atomic E-state index is 13.8. The first-order chi connectivity index (χ1) is 9.74. The Hall–Kier alpha value is -1.88. The van der Waals surface area contributed by atoms with Crippen molar-refractivity contribution in [2.24, 2.45) is 0 Å². The molecule has 1 saturated heterocycles. The van der Waals surface area contributed by atoms with Crippen molar-refractivity contribution in [2.45, 2.75) is 19.0 Å². The molecule has 4 rings (SSSR count). The minimum Gasteiger partial charge on any atom is -0.347 e. The summed E-state index contributed by atoms with van der Waals surface area (Å²) in [6.45, 7) is 3.18. The maximum absolute atomic E-state index is 13.8. The van der Waals surface area contributed by atoms with Crippen LogP contribution >= 0.6 is 0 Å². The molecule has 1 fully saturated rings. The average molecular weight is 273 g/mol. The van der Waals surface area contributed by atoms with Gasteiger partial charge in [-0.05, 0) is 24.6 Å². The van der Waals surface area contributed by atoms with Gasteiger partial charge in [-0.25, -0.2) is 4.39 Å². The van der Waals surface area contributed by atoms with Crippen molar-refractivity contribution in [2.75, 3.05) is 19.6 Å². The third-order valence-electron chi connectivity index (χ3n) is 4.37. The number of nitrogens with one attached hydrogen (secondary N) is 1. The van der Waals surface area contributed by atoms with Gasteiger partial charge in [0.1, 0.15) is 5.82 Å². The number of carbonyl (C=O) groups excluding carboxylic acids is 1. The van der Waals surface area contributed by atoms with Crippen molar-refractivity contribution in [3.05, 3.63) is 35.8 Å². The van der Waals surface area contributed by atoms with Crippen LogP contribution in [-0.4, -0.2) is 41.1 Å². The van der Waals surface area contributed by atoms with E-state index in [1.807, 2.05) is 17.2 Å². The van der Waals surface area contributed by atoms with Gasteiger partial charge in [0.25, 0.3) is 5.91 Å². The number of carbonyl (C=O) groups is 1. The second-order valence-corrected chi connectivity index (χ2v) is 5.55. The summed E-state index contributed by atoms with van der Waals surface area (Å²) in [7, 11) is 0. The van der Waals surface area contributed by atoms with Crippen LogP contribution in [0.4, 0.5) is 4.39 Å². The fourth-order valence-electron chi connectivity index (χ4n) is 3.39. The molecule has 1 unspecified atom stereocenters. The molecule has 2 aliphatic rings. The van der Waals surface area contributed by atoms with E-state index in [4.69, 9.17) is 0 Å². The first-order valence-electron chi connectivity index (χ1n) is 7.04. The number of benzene rings is 1. The van der Waals surface area contributed by atoms with Gasteiger partial charge in [0, 0.05) is 43.8 Å². The standard InChI is InChI=1S/C15H16FN3O/c16-11-7-10-1-4-18-5-2-12-9-17-3-6-19(12)15(20)13(8-11)14(10)18/h1,4,7-8,12,17H,2-3,5-6,9H2. The SMILES string of the molecule is O=C1c2cc(F)cc3ccn(c23)CCC2CNCCN12. The Morgan fingerprint density at radius 1 is 1.30 bits per heavy atom. The molecule has 0 radical (unpaired) electrons. The van der Waals surface area contributed by atoms with E-state index in [-0.39, 0.29) is 17.8 Å². The minimum atomic E-state index is -0.342. The lowest BCUT2D eigenvalue weighted by Crippen LogP contribution is -2.54. The molecule has 104 valence electrons. The quantitative estimate of drug-likeness (QED) is 0.791. The Morgan fingerprint density at radius 2 is 2.20 bits per heavy atom. The summed E-state index contributed by atoms with van der Waals surface area (Å²) in [6.07, 6.45) is 2.88. The molecule has 1 atom stereocenters. The number of halogens is 1. The van der Waals surface area contributed by atoms with Gasteiger partial charge in [-0.2, -0.15) is 0 Å². The predicted molar refractivity (Wildman–Crippen MR) is 74.2 cm³/mol. The smallest absolute Gasteiger partial charge is 0.256 e. The Balaban J connectivity index is 1.93. The predicted octanol–water partition coefficient (Wildman–Crippen LogP) is 1.60. The zero-order valence-electron chi connectivity index (χ0n) is 11.1. The fourth-order valence-corrected chi connectivity index (χ4v) is 3.39. The average Bonchev–Trinajstić information content (AvgIpc) is 2.85. The van der Waals surface area contributed by atoms with Crippen molar-refractivity contribution in [1.82, 2.24) is 14.8 Å². The Kier molecular flexibility index (Phi) is 2.57. The van der Waals surface area contributed by atoms with Gasteiger partial charge in [0.05, 0.1) is 11.1 Å². The molecule has 2 aromatic rings. The number of aromatic nitrogens is 1. The first-order valence-corrected chi connectivity index (χ1v) is 7.04. The number of rotatable bonds is 0. The van der Waals surface area contributed by atoms with E-state index in [1.54, 1.807) is 0 Å². The normalized spacial score (nSPS) is 22.6. The molecule has 0 spiro atoms. The van der Waals surface area contributed by atoms with Crippen LogP contribution in [0.15, 0.2) is 24.4 Å². The number of fused-ring (bicyclic) bond motifs is 1. The zero-order chi connectivity index (χ0) is 13.7. The molecule has 0 bridgehead atoms. The molecule has 3 heterocycles. The number of piperazine rings is 1. The van der Waals surface area contributed by atoms with E-state index < -0.39 is 0 Å². The van der Waals surface area contributed by atoms with Crippen molar-refractivity contribution >= 4 is 16.8 Å². The fraction of sp³-hybridized carbons (Fsp3) is 0.400. The largest absolute Gasteiger partial charge is 0.347 e. The van der Waals surface area contributed by atoms with E-state index >= 15 is 0 Å². The lowest BCUT2D eigenvalue weighted by Gasteiger charge is -2.38. The van der Waals surface area contributed by atoms with Gasteiger partial charge in [-0.3, -0.25) is 4.79 Å². The van der Waals surface area contributed by atoms with Gasteiger partial charge in [0.15, 0.2) is 0 Å². The number of hydrogen-bond acceptors (Lipinski definition) is 2. The molecular weight excluding hydrogens is 257 g/mol. The highest BCUT2D eigenvalue weighted by Gasteiger charge is 2.31. The molecule has 2 aliphatic heterocycles. The second kappa shape index (κ2) is 4.31. The highest BCUT2D eigenvalue weighted by molar-refractivity contribution is 6.06. The van der Waals surface area contributed by atoms with Gasteiger partial charge in [-0.15, -0.1) is 0 Å². The maximum Gasteiger partial charge on any atom is 0.256 e. The van der Waals surface area contributed by atoms with Gasteiger partial charge < -0.3 is 14.8 Å². The van der Waals surface area contributed by atoms with Crippen LogP contribution < -0.4 is 5.32 Å². The number of aryl methyl sites for hydroxylation is 1. The van der Waals surface area contributed by atoms with Crippen LogP contribution in [0.1, 0.15) is 16.8 Å². The third kappa shape index (κ3) is 1.66. The van der Waals surface area contributed by atoms with E-state index in [9.17, 15) is 9.18 Å². The van der Waals surface area contributed by atoms with E-state index in [2.05, 4.69) is 9.88 Å². The van der Waals surface area contributed by atoms with Crippen LogP contribution in [0.5, 0.6) is 0 Å². The minimum absolute atomic E-state index is 0.0411. The summed E-state index contributed by atoms with van der Waals surface area (Å²) in [5.74, 6) is -0.383. The second-order valence-electron chi connectivity index (χ2n) is 5.55. The summed E-state index contributed by atoms with van der Waals surface area (Å²) < 4.78 is 15.8. The highest BCUT2D eigenvalue weighted by Crippen LogP contribution is 2.27. The monoisotopic (exact) mass is 273 g/mol. The molecule has 0 saturated carbocycles. The van der Waals surface area contributed by atoms with E-state index in [0.717, 1.165) is 37.0 Å². The van der Waals surface area contributed by atoms with E-state index in [0.29, 0.717) is 12.1 Å². The van der Waals surface area contributed by atoms with Crippen LogP contribution in [-0.2, 0) is 6.54 Å². The van der Waals surface area contributed by atoms with E-state index in [1.165, 1.54) is 12.1 Å². The van der Waals surface area contributed by atoms with Crippen molar-refractivity contribution < 1.29 is 9.18 Å². The lowest BCUT2D eigenvalue weighted by atomic mass is 10.0. The Labute approximate surface area is 116 Å². The summed E-state index contributed by atoms with van der Waals surface area (Å²) in [6, 6.07) is 4.97. The molecule has 1 amide bonds. The molecule has 1 aromatic heterocycles. The Morgan fingerprint density at radius 3 is 3.10 bits per heavy atom. The molecule has 1 N–H and O–H groups in total. The Bertz CT molecular complexity index is 694. The summed E-state index contributed by atoms with van der Waals surface area (Å²) in [5.41, 5.74) is 1.37. The van der Waals surface area contributed by atoms with Gasteiger partial charge in [-0.1, -0.05) is 0 Å². The molecule has 20 heavy (non-hydrogen) atoms. The van der Waals surface area contributed by atoms with Crippen LogP contribution in [0.3, 0.4) is 0 Å². The molecular formula is C15H16FN3O. The van der Waals surface area contributed by atoms with Gasteiger partial charge in [0.2, 0.25) is 0 Å². The lowest BCUT2D eigenvalue weighted by molar-refractivity contribution is 0.0615. The highest BCUT2D eigenvalue weighted by atomic mass is 19.1. The third-order valence-corrected chi connectivity index (χ3v) is 4.37. The molecule has 1 aromatic carbocycles. The molecule has 4 nitrogen and oxygen atoms in total. The molecule has 0 aliphatic carbocycles. The van der Waals surface area contributed by atoms with Crippen molar-refractivity contribution in [3.8, 4) is 0 Å². The number of nitrogens with zero attached hydrogens (tertiary/aromatic N) is 2. The molecule has 5 heteroatoms. The zero-order valence-corrected chi connectivity index (χ0v) is 11.1. The topological polar surface area (TPSA) is 37.3 Å². The summed E-state index contributed by atoms with van der Waals surface area (Å²) in [4.78, 5) is 14.7. The van der Waals surface area contributed by atoms with Crippen LogP contribution in [0.25, 0.3) is 10.9 Å².